The van der Waals surface area contributed by atoms with Crippen LogP contribution in [0.5, 0.6) is 0 Å². The molecule has 0 saturated carbocycles. The number of thiophene rings is 1. The van der Waals surface area contributed by atoms with Crippen molar-refractivity contribution in [2.24, 2.45) is 5.73 Å². The quantitative estimate of drug-likeness (QED) is 0.0217. The monoisotopic (exact) mass is 2190 g/mol. The number of pyridine rings is 2. The zero-order valence-electron chi connectivity index (χ0n) is 87.8. The molecule has 4 saturated heterocycles. The summed E-state index contributed by atoms with van der Waals surface area (Å²) in [6, 6.07) is 32.8. The van der Waals surface area contributed by atoms with Crippen molar-refractivity contribution < 1.29 is 110 Å². The standard InChI is InChI=1S/C30H34ClN5O4S.C26H33ClN4O5.C20H27ClN2O6.C19H25ClN2O6.C12H16ClNO2/c1-34(18-22-7-3-5-12-32-22)29(38)26-16-23(40-2)19-36(26)30(39)33-17-21-10-9-20(15-24(21)31)28(37)35-13-6-4-8-27-25(35)11-14-41-27;1-26(2,3)36-24(33)17-9-10-18(21(27)12-17)14-29-25(34)31-16-20(35-5)13-22(31)23(32)30(4)15-19-8-6-7-11-28-19;1-20(2,3)29-17(24)12-6-7-13(15(21)8-12)10-22-19(26)23-11-14(27-4)9-16(23)18(25)28-5;1-19(2,3)28-17(25)11-5-6-12(14(20)7-11)9-21-18(26)22-10-13(27-4)8-15(22)16(23)24;1-12(2,3)16-11(15)8-4-5-9(7-14)10(13)6-8/h3,5,7,9-12,14-15,23,26H,4,6,8,13,16-19H2,1-2H3,(H,33,39);6-12,20,22H,13-16H2,1-5H3,(H,29,34);6-8,14,16H,9-11H2,1-5H3,(H,22,26);5-7,13,15H,8-10H2,1-4H3,(H,21,26)(H,23,24);4-6H,7,14H2,1-3H3/t23-,26+;20-,22+;14-,16+;13-,15+;/m1111./s1. The Labute approximate surface area is 903 Å². The Balaban J connectivity index is 0.000000213. The summed E-state index contributed by atoms with van der Waals surface area (Å²) in [5.41, 5.74) is 10.9. The second kappa shape index (κ2) is 55.6. The number of aromatic nitrogens is 2. The fourth-order valence-electron chi connectivity index (χ4n) is 16.3. The van der Waals surface area contributed by atoms with E-state index in [0.29, 0.717) is 134 Å². The third-order valence-corrected chi connectivity index (χ3v) is 26.8. The van der Waals surface area contributed by atoms with Gasteiger partial charge in [0.15, 0.2) is 0 Å². The number of fused-ring (bicyclic) bond motifs is 1. The Morgan fingerprint density at radius 3 is 1.02 bits per heavy atom. The molecule has 8 aromatic rings. The number of methoxy groups -OCH3 is 5. The van der Waals surface area contributed by atoms with Gasteiger partial charge in [-0.2, -0.15) is 0 Å². The van der Waals surface area contributed by atoms with Crippen LogP contribution < -0.4 is 31.9 Å². The van der Waals surface area contributed by atoms with E-state index in [1.807, 2.05) is 73.5 Å². The van der Waals surface area contributed by atoms with Crippen LogP contribution in [-0.4, -0.2) is 275 Å². The molecule has 5 aromatic carbocycles. The number of halogens is 5. The first-order valence-corrected chi connectivity index (χ1v) is 51.3. The number of urea groups is 4. The molecule has 11 amide bonds. The predicted octanol–water partition coefficient (Wildman–Crippen LogP) is 16.6. The highest BCUT2D eigenvalue weighted by Crippen LogP contribution is 2.36. The number of nitrogens with two attached hydrogens (primary N) is 1. The molecule has 43 heteroatoms. The van der Waals surface area contributed by atoms with Crippen molar-refractivity contribution in [3.63, 3.8) is 0 Å². The van der Waals surface area contributed by atoms with E-state index < -0.39 is 94.5 Å². The van der Waals surface area contributed by atoms with Crippen LogP contribution >= 0.6 is 69.3 Å². The van der Waals surface area contributed by atoms with Gasteiger partial charge in [0.2, 0.25) is 11.8 Å². The number of carbonyl (C=O) groups excluding carboxylic acids is 12. The lowest BCUT2D eigenvalue weighted by Gasteiger charge is -2.28. The van der Waals surface area contributed by atoms with Crippen LogP contribution in [-0.2, 0) is 114 Å². The number of rotatable bonds is 26. The normalized spacial score (nSPS) is 17.8. The number of carboxylic acids is 1. The number of anilines is 1. The number of hydrogen-bond donors (Lipinski definition) is 6. The van der Waals surface area contributed by atoms with Crippen LogP contribution in [0.4, 0.5) is 24.9 Å². The number of benzene rings is 5. The smallest absolute Gasteiger partial charge is 0.338 e. The van der Waals surface area contributed by atoms with Crippen molar-refractivity contribution in [2.45, 2.75) is 245 Å². The maximum absolute atomic E-state index is 13.4. The van der Waals surface area contributed by atoms with Crippen molar-refractivity contribution >= 4 is 153 Å². The number of aryl methyl sites for hydroxylation is 1. The van der Waals surface area contributed by atoms with Gasteiger partial charge in [-0.25, -0.2) is 47.9 Å². The molecule has 0 bridgehead atoms. The van der Waals surface area contributed by atoms with Gasteiger partial charge in [-0.3, -0.25) is 24.4 Å². The molecule has 0 unspecified atom stereocenters. The third-order valence-electron chi connectivity index (χ3n) is 24.0. The number of nitrogens with zero attached hydrogens (tertiary/aromatic N) is 9. The molecule has 7 N–H and O–H groups in total. The lowest BCUT2D eigenvalue weighted by molar-refractivity contribution is -0.145. The number of likely N-dealkylation sites (N-methyl/N-ethyl adjacent to an activating group) is 2. The van der Waals surface area contributed by atoms with Gasteiger partial charge in [0.25, 0.3) is 5.91 Å². The van der Waals surface area contributed by atoms with Gasteiger partial charge in [0.05, 0.1) is 83.9 Å². The Kier molecular flexibility index (Phi) is 44.9. The van der Waals surface area contributed by atoms with Crippen molar-refractivity contribution in [1.82, 2.24) is 60.6 Å². The fraction of sp³-hybridized carbons (Fsp3) is 0.467. The number of nitrogens with one attached hydrogen (secondary N) is 4. The summed E-state index contributed by atoms with van der Waals surface area (Å²) in [6.07, 6.45) is 6.76. The molecule has 812 valence electrons. The lowest BCUT2D eigenvalue weighted by atomic mass is 10.1. The van der Waals surface area contributed by atoms with E-state index in [9.17, 15) is 67.4 Å². The number of carbonyl (C=O) groups is 13. The van der Waals surface area contributed by atoms with Gasteiger partial charge in [-0.1, -0.05) is 100 Å². The van der Waals surface area contributed by atoms with E-state index in [0.717, 1.165) is 41.9 Å². The Morgan fingerprint density at radius 1 is 0.413 bits per heavy atom. The summed E-state index contributed by atoms with van der Waals surface area (Å²) in [6.45, 7) is 24.8. The Hall–Kier alpha value is -12.3. The van der Waals surface area contributed by atoms with Crippen LogP contribution in [0, 0.1) is 0 Å². The van der Waals surface area contributed by atoms with Crippen molar-refractivity contribution in [2.75, 3.05) is 87.3 Å². The van der Waals surface area contributed by atoms with Gasteiger partial charge in [-0.15, -0.1) is 11.3 Å². The second-order valence-corrected chi connectivity index (χ2v) is 43.0. The average Bonchev–Trinajstić information content (AvgIpc) is 1.66. The summed E-state index contributed by atoms with van der Waals surface area (Å²) in [7, 11) is 10.9. The summed E-state index contributed by atoms with van der Waals surface area (Å²) in [4.78, 5) is 183. The molecule has 13 rings (SSSR count). The lowest BCUT2D eigenvalue weighted by Crippen LogP contribution is -2.49. The Morgan fingerprint density at radius 2 is 0.720 bits per heavy atom. The number of aliphatic carboxylic acids is 1. The van der Waals surface area contributed by atoms with Gasteiger partial charge in [0, 0.05) is 182 Å². The number of carboxylic acid groups (broad SMARTS) is 1. The number of likely N-dealkylation sites (tertiary alicyclic amines) is 4. The fourth-order valence-corrected chi connectivity index (χ4v) is 18.5. The van der Waals surface area contributed by atoms with E-state index in [-0.39, 0.29) is 99.8 Å². The van der Waals surface area contributed by atoms with E-state index in [1.165, 1.54) is 64.0 Å². The highest BCUT2D eigenvalue weighted by Gasteiger charge is 2.46. The highest BCUT2D eigenvalue weighted by molar-refractivity contribution is 7.10. The molecule has 5 aliphatic rings. The predicted molar refractivity (Wildman–Crippen MR) is 568 cm³/mol. The van der Waals surface area contributed by atoms with Crippen molar-refractivity contribution in [3.05, 3.63) is 248 Å². The molecule has 3 aromatic heterocycles. The van der Waals surface area contributed by atoms with E-state index in [4.69, 9.17) is 106 Å². The maximum atomic E-state index is 13.4. The highest BCUT2D eigenvalue weighted by atomic mass is 35.5. The molecule has 0 aliphatic carbocycles. The first-order valence-electron chi connectivity index (χ1n) is 48.6. The van der Waals surface area contributed by atoms with Crippen LogP contribution in [0.2, 0.25) is 25.1 Å². The van der Waals surface area contributed by atoms with Crippen LogP contribution in [0.15, 0.2) is 151 Å². The van der Waals surface area contributed by atoms with Crippen molar-refractivity contribution in [3.8, 4) is 0 Å². The number of amides is 11. The van der Waals surface area contributed by atoms with Gasteiger partial charge in [0.1, 0.15) is 46.6 Å². The van der Waals surface area contributed by atoms with Gasteiger partial charge in [-0.05, 0) is 227 Å². The summed E-state index contributed by atoms with van der Waals surface area (Å²) in [5.74, 6) is -3.81. The molecule has 8 heterocycles. The maximum Gasteiger partial charge on any atom is 0.338 e. The van der Waals surface area contributed by atoms with E-state index in [1.54, 1.807) is 197 Å². The molecule has 8 atom stereocenters. The molecule has 0 radical (unpaired) electrons. The first kappa shape index (κ1) is 121. The van der Waals surface area contributed by atoms with Crippen LogP contribution in [0.25, 0.3) is 0 Å². The third kappa shape index (κ3) is 35.9. The molecule has 4 fully saturated rings. The van der Waals surface area contributed by atoms with Crippen molar-refractivity contribution in [1.29, 1.82) is 0 Å². The van der Waals surface area contributed by atoms with Gasteiger partial charge < -0.3 is 109 Å². The Bertz CT molecular complexity index is 6050. The zero-order chi connectivity index (χ0) is 111. The molecule has 150 heavy (non-hydrogen) atoms. The molecular formula is C107H135Cl5N14O23S. The van der Waals surface area contributed by atoms with E-state index >= 15 is 0 Å². The minimum atomic E-state index is -1.07. The minimum Gasteiger partial charge on any atom is -0.480 e. The SMILES string of the molecule is CC(C)(C)OC(=O)c1ccc(CN)c(Cl)c1.COC(=O)[C@@H]1C[C@@H](OC)CN1C(=O)NCc1ccc(C(=O)OC(C)(C)C)cc1Cl.CO[C@@H]1C[C@@H](C(=O)N(C)Cc2ccccn2)N(C(=O)NCc2ccc(C(=O)N3CCCCc4sccc43)cc2Cl)C1.CO[C@@H]1C[C@@H](C(=O)N(C)Cc2ccccn2)N(C(=O)NCc2ccc(C(=O)OC(C)(C)C)cc2Cl)C1.CO[C@@H]1C[C@@H](C(=O)O)N(C(=O)NCc2ccc(C(=O)OC(C)(C)C)cc2Cl)C1. The number of esters is 5. The summed E-state index contributed by atoms with van der Waals surface area (Å²) < 4.78 is 47.4. The first-order chi connectivity index (χ1) is 70.7. The average molecular weight is 2190 g/mol. The number of ether oxygens (including phenoxy) is 9. The molecule has 0 spiro atoms. The second-order valence-electron chi connectivity index (χ2n) is 40.0. The minimum absolute atomic E-state index is 0.0807. The zero-order valence-corrected chi connectivity index (χ0v) is 92.4. The summed E-state index contributed by atoms with van der Waals surface area (Å²) >= 11 is 33.1. The largest absolute Gasteiger partial charge is 0.480 e. The van der Waals surface area contributed by atoms with Gasteiger partial charge >= 0.3 is 59.9 Å². The van der Waals surface area contributed by atoms with Crippen LogP contribution in [0.1, 0.15) is 217 Å². The molecular weight excluding hydrogens is 2060 g/mol. The summed E-state index contributed by atoms with van der Waals surface area (Å²) in [5, 5.41) is 24.3. The van der Waals surface area contributed by atoms with E-state index in [2.05, 4.69) is 31.2 Å². The molecule has 5 aliphatic heterocycles. The van der Waals surface area contributed by atoms with Crippen LogP contribution in [0.3, 0.4) is 0 Å². The number of hydrogen-bond acceptors (Lipinski definition) is 26. The molecule has 37 nitrogen and oxygen atoms in total. The topological polar surface area (TPSA) is 448 Å².